The van der Waals surface area contributed by atoms with Gasteiger partial charge in [-0.15, -0.1) is 13.2 Å². The molecule has 0 amide bonds. The fraction of sp³-hybridized carbons (Fsp3) is 0.714. The summed E-state index contributed by atoms with van der Waals surface area (Å²) < 4.78 is 0. The minimum absolute atomic E-state index is 0.500. The van der Waals surface area contributed by atoms with Crippen LogP contribution in [0.4, 0.5) is 0 Å². The van der Waals surface area contributed by atoms with E-state index in [0.29, 0.717) is 5.41 Å². The van der Waals surface area contributed by atoms with Crippen LogP contribution in [0, 0.1) is 5.41 Å². The molecule has 0 atom stereocenters. The molecule has 0 heterocycles. The Labute approximate surface area is 47.2 Å². The first kappa shape index (κ1) is 9.88. The predicted octanol–water partition coefficient (Wildman–Crippen LogP) is 2.85. The molecule has 44 valence electrons. The van der Waals surface area contributed by atoms with E-state index in [2.05, 4.69) is 40.9 Å². The summed E-state index contributed by atoms with van der Waals surface area (Å²) in [5.74, 6) is 0. The van der Waals surface area contributed by atoms with Crippen LogP contribution in [0.5, 0.6) is 0 Å². The van der Waals surface area contributed by atoms with Crippen molar-refractivity contribution in [2.45, 2.75) is 27.7 Å². The lowest BCUT2D eigenvalue weighted by atomic mass is 10.0. The van der Waals surface area contributed by atoms with Crippen molar-refractivity contribution in [3.8, 4) is 0 Å². The van der Waals surface area contributed by atoms with E-state index in [1.807, 2.05) is 0 Å². The first-order valence-corrected chi connectivity index (χ1v) is 2.50. The van der Waals surface area contributed by atoms with Crippen molar-refractivity contribution < 1.29 is 0 Å². The lowest BCUT2D eigenvalue weighted by Gasteiger charge is -2.05. The maximum Gasteiger partial charge on any atom is -0.0411 e. The van der Waals surface area contributed by atoms with Crippen LogP contribution in [-0.2, 0) is 0 Å². The molecule has 0 nitrogen and oxygen atoms in total. The van der Waals surface area contributed by atoms with Crippen LogP contribution in [0.3, 0.4) is 0 Å². The summed E-state index contributed by atoms with van der Waals surface area (Å²) >= 11 is 0. The molecule has 0 heteroatoms. The molecule has 0 aromatic carbocycles. The Bertz CT molecular complexity index is 23.8. The summed E-state index contributed by atoms with van der Waals surface area (Å²) in [6, 6.07) is 0. The lowest BCUT2D eigenvalue weighted by molar-refractivity contribution is 0.469. The molecule has 0 rings (SSSR count). The summed E-state index contributed by atoms with van der Waals surface area (Å²) in [5.41, 5.74) is 0.500. The normalized spacial score (nSPS) is 9.14. The van der Waals surface area contributed by atoms with Crippen LogP contribution in [0.1, 0.15) is 27.7 Å². The van der Waals surface area contributed by atoms with Gasteiger partial charge in [0.2, 0.25) is 0 Å². The van der Waals surface area contributed by atoms with Crippen LogP contribution < -0.4 is 0 Å². The van der Waals surface area contributed by atoms with Gasteiger partial charge in [0, 0.05) is 0 Å². The third-order valence-electron chi connectivity index (χ3n) is 0. The van der Waals surface area contributed by atoms with Crippen molar-refractivity contribution in [1.82, 2.24) is 0 Å². The van der Waals surface area contributed by atoms with Gasteiger partial charge in [-0.25, -0.2) is 0 Å². The van der Waals surface area contributed by atoms with Crippen molar-refractivity contribution in [3.63, 3.8) is 0 Å². The van der Waals surface area contributed by atoms with Gasteiger partial charge in [-0.2, -0.15) is 0 Å². The average Bonchev–Trinajstić information content (AvgIpc) is 1.36. The van der Waals surface area contributed by atoms with E-state index in [1.165, 1.54) is 0 Å². The Kier molecular flexibility index (Phi) is 5.53. The van der Waals surface area contributed by atoms with Gasteiger partial charge in [0.15, 0.2) is 0 Å². The van der Waals surface area contributed by atoms with Crippen LogP contribution in [0.15, 0.2) is 13.2 Å². The smallest absolute Gasteiger partial charge is 0.0411 e. The van der Waals surface area contributed by atoms with Crippen molar-refractivity contribution in [2.24, 2.45) is 5.41 Å². The fourth-order valence-corrected chi connectivity index (χ4v) is 0. The maximum atomic E-state index is 3.00. The fourth-order valence-electron chi connectivity index (χ4n) is 0. The molecular formula is C7H16. The van der Waals surface area contributed by atoms with Gasteiger partial charge in [0.05, 0.1) is 0 Å². The molecule has 0 aliphatic rings. The van der Waals surface area contributed by atoms with Crippen LogP contribution in [-0.4, -0.2) is 0 Å². The molecule has 0 aromatic heterocycles. The minimum Gasteiger partial charge on any atom is -0.106 e. The van der Waals surface area contributed by atoms with Crippen molar-refractivity contribution in [3.05, 3.63) is 13.2 Å². The van der Waals surface area contributed by atoms with E-state index in [9.17, 15) is 0 Å². The highest BCUT2D eigenvalue weighted by Gasteiger charge is 1.95. The van der Waals surface area contributed by atoms with Gasteiger partial charge in [0.25, 0.3) is 0 Å². The highest BCUT2D eigenvalue weighted by Crippen LogP contribution is 2.07. The molecule has 0 aliphatic carbocycles. The Morgan fingerprint density at radius 1 is 0.857 bits per heavy atom. The van der Waals surface area contributed by atoms with Crippen LogP contribution in [0.25, 0.3) is 0 Å². The molecule has 0 unspecified atom stereocenters. The van der Waals surface area contributed by atoms with Crippen molar-refractivity contribution in [2.75, 3.05) is 0 Å². The molecule has 0 aromatic rings. The molecule has 0 bridgehead atoms. The Morgan fingerprint density at radius 2 is 0.857 bits per heavy atom. The van der Waals surface area contributed by atoms with E-state index in [-0.39, 0.29) is 0 Å². The molecule has 0 saturated carbocycles. The molecule has 0 radical (unpaired) electrons. The lowest BCUT2D eigenvalue weighted by Crippen LogP contribution is -1.93. The van der Waals surface area contributed by atoms with E-state index in [4.69, 9.17) is 0 Å². The Balaban J connectivity index is 0. The Hall–Kier alpha value is -0.260. The quantitative estimate of drug-likeness (QED) is 0.411. The van der Waals surface area contributed by atoms with E-state index in [1.54, 1.807) is 0 Å². The first-order valence-electron chi connectivity index (χ1n) is 2.50. The molecular weight excluding hydrogens is 84.1 g/mol. The number of hydrogen-bond donors (Lipinski definition) is 0. The molecule has 0 fully saturated rings. The van der Waals surface area contributed by atoms with E-state index in [0.717, 1.165) is 0 Å². The number of rotatable bonds is 0. The monoisotopic (exact) mass is 100 g/mol. The Morgan fingerprint density at radius 3 is 0.857 bits per heavy atom. The second-order valence-electron chi connectivity index (χ2n) is 3.00. The van der Waals surface area contributed by atoms with Gasteiger partial charge in [-0.1, -0.05) is 27.7 Å². The van der Waals surface area contributed by atoms with Crippen LogP contribution in [0.2, 0.25) is 0 Å². The second-order valence-corrected chi connectivity index (χ2v) is 3.00. The van der Waals surface area contributed by atoms with Gasteiger partial charge in [-0.05, 0) is 5.41 Å². The third kappa shape index (κ3) is 1190. The summed E-state index contributed by atoms with van der Waals surface area (Å²) in [4.78, 5) is 0. The second kappa shape index (κ2) is 3.91. The van der Waals surface area contributed by atoms with Gasteiger partial charge < -0.3 is 0 Å². The van der Waals surface area contributed by atoms with Gasteiger partial charge in [0.1, 0.15) is 0 Å². The average molecular weight is 100 g/mol. The maximum absolute atomic E-state index is 3.00. The zero-order chi connectivity index (χ0) is 6.50. The highest BCUT2D eigenvalue weighted by molar-refractivity contribution is 4.47. The SMILES string of the molecule is C=C.CC(C)(C)C. The molecule has 0 saturated heterocycles. The third-order valence-corrected chi connectivity index (χ3v) is 0. The molecule has 7 heavy (non-hydrogen) atoms. The van der Waals surface area contributed by atoms with Crippen molar-refractivity contribution in [1.29, 1.82) is 0 Å². The zero-order valence-corrected chi connectivity index (χ0v) is 5.91. The highest BCUT2D eigenvalue weighted by atomic mass is 14.0. The topological polar surface area (TPSA) is 0 Å². The first-order chi connectivity index (χ1) is 3.00. The zero-order valence-electron chi connectivity index (χ0n) is 5.91. The largest absolute Gasteiger partial charge is 0.106 e. The predicted molar refractivity (Wildman–Crippen MR) is 36.4 cm³/mol. The van der Waals surface area contributed by atoms with Crippen LogP contribution >= 0.6 is 0 Å². The summed E-state index contributed by atoms with van der Waals surface area (Å²) in [6.45, 7) is 14.8. The summed E-state index contributed by atoms with van der Waals surface area (Å²) in [6.07, 6.45) is 0. The standard InChI is InChI=1S/C5H12.C2H4/c1-5(2,3)4;1-2/h1-4H3;1-2H2. The summed E-state index contributed by atoms with van der Waals surface area (Å²) in [7, 11) is 0. The number of hydrogen-bond acceptors (Lipinski definition) is 0. The summed E-state index contributed by atoms with van der Waals surface area (Å²) in [5, 5.41) is 0. The minimum atomic E-state index is 0.500. The molecule has 0 aliphatic heterocycles. The van der Waals surface area contributed by atoms with Gasteiger partial charge >= 0.3 is 0 Å². The molecule has 0 N–H and O–H groups in total. The van der Waals surface area contributed by atoms with E-state index >= 15 is 0 Å². The van der Waals surface area contributed by atoms with Crippen molar-refractivity contribution >= 4 is 0 Å². The van der Waals surface area contributed by atoms with E-state index < -0.39 is 0 Å². The molecule has 0 spiro atoms. The van der Waals surface area contributed by atoms with Gasteiger partial charge in [-0.3, -0.25) is 0 Å².